The van der Waals surface area contributed by atoms with Crippen molar-refractivity contribution in [1.82, 2.24) is 10.2 Å². The molecule has 104 valence electrons. The van der Waals surface area contributed by atoms with Gasteiger partial charge in [-0.2, -0.15) is 0 Å². The second-order valence-electron chi connectivity index (χ2n) is 6.37. The third-order valence-corrected chi connectivity index (χ3v) is 3.02. The van der Waals surface area contributed by atoms with Crippen molar-refractivity contribution >= 4 is 0 Å². The van der Waals surface area contributed by atoms with Gasteiger partial charge in [-0.05, 0) is 73.5 Å². The molecule has 0 rings (SSSR count). The predicted octanol–water partition coefficient (Wildman–Crippen LogP) is 3.67. The van der Waals surface area contributed by atoms with Crippen LogP contribution in [-0.2, 0) is 0 Å². The van der Waals surface area contributed by atoms with Gasteiger partial charge in [-0.15, -0.1) is 0 Å². The Balaban J connectivity index is 3.49. The van der Waals surface area contributed by atoms with Gasteiger partial charge in [-0.3, -0.25) is 0 Å². The summed E-state index contributed by atoms with van der Waals surface area (Å²) < 4.78 is 0. The van der Waals surface area contributed by atoms with Gasteiger partial charge < -0.3 is 10.2 Å². The Bertz CT molecular complexity index is 170. The lowest BCUT2D eigenvalue weighted by Gasteiger charge is -2.26. The zero-order valence-electron chi connectivity index (χ0n) is 13.0. The van der Waals surface area contributed by atoms with Crippen molar-refractivity contribution < 1.29 is 0 Å². The van der Waals surface area contributed by atoms with Crippen LogP contribution in [0.1, 0.15) is 67.2 Å². The van der Waals surface area contributed by atoms with Crippen molar-refractivity contribution in [2.75, 3.05) is 19.6 Å². The van der Waals surface area contributed by atoms with E-state index in [1.54, 1.807) is 0 Å². The molecular formula is C15H34N2. The maximum atomic E-state index is 3.54. The Hall–Kier alpha value is -0.0800. The van der Waals surface area contributed by atoms with Crippen molar-refractivity contribution in [2.45, 2.75) is 78.8 Å². The van der Waals surface area contributed by atoms with Gasteiger partial charge in [0.2, 0.25) is 0 Å². The van der Waals surface area contributed by atoms with E-state index >= 15 is 0 Å². The second kappa shape index (κ2) is 8.93. The highest BCUT2D eigenvalue weighted by Crippen LogP contribution is 2.05. The Morgan fingerprint density at radius 2 is 1.65 bits per heavy atom. The van der Waals surface area contributed by atoms with Crippen molar-refractivity contribution in [2.24, 2.45) is 0 Å². The van der Waals surface area contributed by atoms with E-state index in [0.717, 1.165) is 6.54 Å². The molecule has 2 nitrogen and oxygen atoms in total. The van der Waals surface area contributed by atoms with Gasteiger partial charge in [0.15, 0.2) is 0 Å². The van der Waals surface area contributed by atoms with Gasteiger partial charge in [0.1, 0.15) is 0 Å². The average molecular weight is 242 g/mol. The molecule has 0 spiro atoms. The van der Waals surface area contributed by atoms with Crippen LogP contribution in [0.15, 0.2) is 0 Å². The Morgan fingerprint density at radius 1 is 1.00 bits per heavy atom. The molecule has 0 fully saturated rings. The van der Waals surface area contributed by atoms with Gasteiger partial charge in [0.25, 0.3) is 0 Å². The first kappa shape index (κ1) is 16.9. The summed E-state index contributed by atoms with van der Waals surface area (Å²) >= 11 is 0. The Labute approximate surface area is 109 Å². The number of nitrogens with one attached hydrogen (secondary N) is 1. The summed E-state index contributed by atoms with van der Waals surface area (Å²) in [7, 11) is 0. The third kappa shape index (κ3) is 10.8. The minimum atomic E-state index is 0.270. The van der Waals surface area contributed by atoms with E-state index < -0.39 is 0 Å². The van der Waals surface area contributed by atoms with Crippen LogP contribution in [0.25, 0.3) is 0 Å². The molecular weight excluding hydrogens is 208 g/mol. The zero-order valence-corrected chi connectivity index (χ0v) is 13.0. The summed E-state index contributed by atoms with van der Waals surface area (Å²) in [5.41, 5.74) is 0.270. The molecule has 0 unspecified atom stereocenters. The molecule has 2 heteroatoms. The molecule has 0 saturated heterocycles. The summed E-state index contributed by atoms with van der Waals surface area (Å²) in [6, 6.07) is 0.697. The summed E-state index contributed by atoms with van der Waals surface area (Å²) in [5, 5.41) is 3.54. The molecule has 0 aliphatic rings. The van der Waals surface area contributed by atoms with E-state index in [1.807, 2.05) is 0 Å². The number of rotatable bonds is 9. The lowest BCUT2D eigenvalue weighted by molar-refractivity contribution is 0.217. The average Bonchev–Trinajstić information content (AvgIpc) is 2.19. The van der Waals surface area contributed by atoms with Crippen LogP contribution in [0.2, 0.25) is 0 Å². The smallest absolute Gasteiger partial charge is 0.00965 e. The SMILES string of the molecule is CCCN(CCCCCNC(C)(C)C)C(C)C. The standard InChI is InChI=1S/C15H34N2/c1-7-12-17(14(2)3)13-10-8-9-11-16-15(4,5)6/h14,16H,7-13H2,1-6H3. The van der Waals surface area contributed by atoms with Crippen LogP contribution in [0.4, 0.5) is 0 Å². The predicted molar refractivity (Wildman–Crippen MR) is 78.6 cm³/mol. The lowest BCUT2D eigenvalue weighted by Crippen LogP contribution is -2.36. The third-order valence-electron chi connectivity index (χ3n) is 3.02. The van der Waals surface area contributed by atoms with Gasteiger partial charge in [-0.25, -0.2) is 0 Å². The number of unbranched alkanes of at least 4 members (excludes halogenated alkanes) is 2. The summed E-state index contributed by atoms with van der Waals surface area (Å²) in [4.78, 5) is 2.59. The van der Waals surface area contributed by atoms with Crippen molar-refractivity contribution in [3.05, 3.63) is 0 Å². The minimum absolute atomic E-state index is 0.270. The number of hydrogen-bond donors (Lipinski definition) is 1. The van der Waals surface area contributed by atoms with Gasteiger partial charge in [0.05, 0.1) is 0 Å². The summed E-state index contributed by atoms with van der Waals surface area (Å²) in [5.74, 6) is 0. The monoisotopic (exact) mass is 242 g/mol. The first-order valence-electron chi connectivity index (χ1n) is 7.36. The highest BCUT2D eigenvalue weighted by atomic mass is 15.1. The molecule has 0 aliphatic heterocycles. The van der Waals surface area contributed by atoms with Crippen molar-refractivity contribution in [3.63, 3.8) is 0 Å². The van der Waals surface area contributed by atoms with Crippen LogP contribution >= 0.6 is 0 Å². The largest absolute Gasteiger partial charge is 0.312 e. The lowest BCUT2D eigenvalue weighted by atomic mass is 10.1. The molecule has 0 aromatic rings. The topological polar surface area (TPSA) is 15.3 Å². The fourth-order valence-electron chi connectivity index (χ4n) is 2.00. The fourth-order valence-corrected chi connectivity index (χ4v) is 2.00. The van der Waals surface area contributed by atoms with E-state index in [-0.39, 0.29) is 5.54 Å². The summed E-state index contributed by atoms with van der Waals surface area (Å²) in [6.45, 7) is 17.2. The molecule has 0 saturated carbocycles. The van der Waals surface area contributed by atoms with E-state index in [0.29, 0.717) is 6.04 Å². The highest BCUT2D eigenvalue weighted by Gasteiger charge is 2.08. The molecule has 0 atom stereocenters. The molecule has 0 heterocycles. The van der Waals surface area contributed by atoms with Crippen molar-refractivity contribution in [3.8, 4) is 0 Å². The maximum Gasteiger partial charge on any atom is 0.00965 e. The Morgan fingerprint density at radius 3 is 2.12 bits per heavy atom. The van der Waals surface area contributed by atoms with E-state index in [4.69, 9.17) is 0 Å². The molecule has 1 N–H and O–H groups in total. The fraction of sp³-hybridized carbons (Fsp3) is 1.00. The number of nitrogens with zero attached hydrogens (tertiary/aromatic N) is 1. The molecule has 0 aromatic carbocycles. The molecule has 0 aromatic heterocycles. The quantitative estimate of drug-likeness (QED) is 0.621. The van der Waals surface area contributed by atoms with E-state index in [1.165, 1.54) is 38.8 Å². The maximum absolute atomic E-state index is 3.54. The molecule has 17 heavy (non-hydrogen) atoms. The van der Waals surface area contributed by atoms with Gasteiger partial charge in [0, 0.05) is 11.6 Å². The van der Waals surface area contributed by atoms with E-state index in [9.17, 15) is 0 Å². The van der Waals surface area contributed by atoms with Crippen LogP contribution in [0.5, 0.6) is 0 Å². The molecule has 0 bridgehead atoms. The normalized spacial score (nSPS) is 12.7. The van der Waals surface area contributed by atoms with E-state index in [2.05, 4.69) is 51.8 Å². The molecule has 0 radical (unpaired) electrons. The highest BCUT2D eigenvalue weighted by molar-refractivity contribution is 4.69. The number of hydrogen-bond acceptors (Lipinski definition) is 2. The zero-order chi connectivity index (χ0) is 13.3. The molecule has 0 amide bonds. The van der Waals surface area contributed by atoms with Gasteiger partial charge in [-0.1, -0.05) is 13.3 Å². The Kier molecular flexibility index (Phi) is 8.89. The molecule has 0 aliphatic carbocycles. The van der Waals surface area contributed by atoms with Crippen LogP contribution in [0, 0.1) is 0 Å². The first-order valence-corrected chi connectivity index (χ1v) is 7.36. The van der Waals surface area contributed by atoms with Gasteiger partial charge >= 0.3 is 0 Å². The second-order valence-corrected chi connectivity index (χ2v) is 6.37. The summed E-state index contributed by atoms with van der Waals surface area (Å²) in [6.07, 6.45) is 5.25. The van der Waals surface area contributed by atoms with Crippen LogP contribution < -0.4 is 5.32 Å². The first-order chi connectivity index (χ1) is 7.87. The van der Waals surface area contributed by atoms with Crippen molar-refractivity contribution in [1.29, 1.82) is 0 Å². The van der Waals surface area contributed by atoms with Crippen LogP contribution in [-0.4, -0.2) is 36.1 Å². The minimum Gasteiger partial charge on any atom is -0.312 e. The van der Waals surface area contributed by atoms with Crippen LogP contribution in [0.3, 0.4) is 0 Å².